The lowest BCUT2D eigenvalue weighted by atomic mass is 10.2. The summed E-state index contributed by atoms with van der Waals surface area (Å²) in [5.41, 5.74) is 3.72. The number of carbonyl (C=O) groups is 1. The van der Waals surface area contributed by atoms with E-state index in [9.17, 15) is 13.6 Å². The molecule has 0 radical (unpaired) electrons. The van der Waals surface area contributed by atoms with Gasteiger partial charge in [0.25, 0.3) is 0 Å². The van der Waals surface area contributed by atoms with Crippen molar-refractivity contribution in [3.8, 4) is 11.5 Å². The maximum atomic E-state index is 13.1. The standard InChI is InChI=1S/C30H28F2N8O2/c1-4-27(41)39-12-11-38(15-19(39)3)26-10-7-22-28(37-26)29(34-16-33-22)36-20-5-9-25(18(2)13-20)42-21-6-8-24-23(14-21)35-17-40(24)30(31)32/h4-10,13-14,16-17,19,30H,1,11-12,15H2,2-3H3,(H,33,34,36)/t19-/m1/s1. The summed E-state index contributed by atoms with van der Waals surface area (Å²) in [5, 5.41) is 3.35. The molecular formula is C30H28F2N8O2. The van der Waals surface area contributed by atoms with Gasteiger partial charge in [-0.25, -0.2) is 19.9 Å². The number of piperazine rings is 1. The fourth-order valence-electron chi connectivity index (χ4n) is 5.14. The van der Waals surface area contributed by atoms with Crippen molar-refractivity contribution in [2.45, 2.75) is 26.4 Å². The van der Waals surface area contributed by atoms with Gasteiger partial charge in [0.2, 0.25) is 5.91 Å². The summed E-state index contributed by atoms with van der Waals surface area (Å²) < 4.78 is 33.1. The number of nitrogens with one attached hydrogen (secondary N) is 1. The van der Waals surface area contributed by atoms with E-state index in [0.717, 1.165) is 28.0 Å². The van der Waals surface area contributed by atoms with Crippen LogP contribution in [0.15, 0.2) is 73.8 Å². The van der Waals surface area contributed by atoms with E-state index in [1.165, 1.54) is 12.4 Å². The molecule has 0 saturated carbocycles. The number of hydrogen-bond acceptors (Lipinski definition) is 8. The molecule has 10 nitrogen and oxygen atoms in total. The van der Waals surface area contributed by atoms with Gasteiger partial charge in [0.15, 0.2) is 5.82 Å². The quantitative estimate of drug-likeness (QED) is 0.244. The van der Waals surface area contributed by atoms with Crippen molar-refractivity contribution in [3.63, 3.8) is 0 Å². The minimum absolute atomic E-state index is 0.0203. The van der Waals surface area contributed by atoms with Crippen LogP contribution in [-0.4, -0.2) is 61.0 Å². The zero-order valence-electron chi connectivity index (χ0n) is 23.0. The van der Waals surface area contributed by atoms with Gasteiger partial charge in [0.1, 0.15) is 35.5 Å². The molecule has 0 unspecified atom stereocenters. The van der Waals surface area contributed by atoms with Gasteiger partial charge in [0, 0.05) is 37.4 Å². The van der Waals surface area contributed by atoms with Crippen molar-refractivity contribution in [2.75, 3.05) is 29.9 Å². The van der Waals surface area contributed by atoms with Crippen LogP contribution in [0.4, 0.5) is 26.1 Å². The summed E-state index contributed by atoms with van der Waals surface area (Å²) in [7, 11) is 0. The van der Waals surface area contributed by atoms with E-state index in [0.29, 0.717) is 59.0 Å². The van der Waals surface area contributed by atoms with Gasteiger partial charge in [-0.3, -0.25) is 9.36 Å². The lowest BCUT2D eigenvalue weighted by Gasteiger charge is -2.40. The highest BCUT2D eigenvalue weighted by Crippen LogP contribution is 2.32. The Labute approximate surface area is 240 Å². The third kappa shape index (κ3) is 5.18. The van der Waals surface area contributed by atoms with Crippen LogP contribution in [-0.2, 0) is 4.79 Å². The number of amides is 1. The molecule has 3 aromatic heterocycles. The number of anilines is 3. The normalized spacial score (nSPS) is 15.4. The Morgan fingerprint density at radius 1 is 1.10 bits per heavy atom. The predicted molar refractivity (Wildman–Crippen MR) is 156 cm³/mol. The van der Waals surface area contributed by atoms with Crippen molar-refractivity contribution in [3.05, 3.63) is 79.4 Å². The Morgan fingerprint density at radius 2 is 1.95 bits per heavy atom. The highest BCUT2D eigenvalue weighted by Gasteiger charge is 2.27. The molecule has 0 aliphatic carbocycles. The zero-order chi connectivity index (χ0) is 29.4. The number of nitrogens with zero attached hydrogens (tertiary/aromatic N) is 7. The topological polar surface area (TPSA) is 101 Å². The second-order valence-electron chi connectivity index (χ2n) is 10.1. The lowest BCUT2D eigenvalue weighted by Crippen LogP contribution is -2.53. The minimum Gasteiger partial charge on any atom is -0.457 e. The molecular weight excluding hydrogens is 542 g/mol. The summed E-state index contributed by atoms with van der Waals surface area (Å²) in [6.45, 7) is 6.76. The Balaban J connectivity index is 1.20. The first kappa shape index (κ1) is 27.1. The molecule has 1 aliphatic rings. The van der Waals surface area contributed by atoms with Crippen LogP contribution in [0.1, 0.15) is 19.0 Å². The van der Waals surface area contributed by atoms with Crippen molar-refractivity contribution >= 4 is 45.3 Å². The fraction of sp³-hybridized carbons (Fsp3) is 0.233. The molecule has 1 atom stereocenters. The number of alkyl halides is 2. The number of hydrogen-bond donors (Lipinski definition) is 1. The van der Waals surface area contributed by atoms with Crippen molar-refractivity contribution in [2.24, 2.45) is 0 Å². The first-order valence-electron chi connectivity index (χ1n) is 13.4. The van der Waals surface area contributed by atoms with Gasteiger partial charge in [0.05, 0.1) is 16.6 Å². The number of aromatic nitrogens is 5. The maximum absolute atomic E-state index is 13.1. The monoisotopic (exact) mass is 570 g/mol. The molecule has 5 aromatic rings. The van der Waals surface area contributed by atoms with E-state index < -0.39 is 6.55 Å². The van der Waals surface area contributed by atoms with Crippen LogP contribution in [0.5, 0.6) is 11.5 Å². The third-order valence-corrected chi connectivity index (χ3v) is 7.30. The highest BCUT2D eigenvalue weighted by molar-refractivity contribution is 5.89. The van der Waals surface area contributed by atoms with E-state index >= 15 is 0 Å². The lowest BCUT2D eigenvalue weighted by molar-refractivity contribution is -0.128. The number of imidazole rings is 1. The summed E-state index contributed by atoms with van der Waals surface area (Å²) >= 11 is 0. The molecule has 42 heavy (non-hydrogen) atoms. The van der Waals surface area contributed by atoms with Gasteiger partial charge < -0.3 is 19.9 Å². The van der Waals surface area contributed by atoms with Crippen molar-refractivity contribution in [1.82, 2.24) is 29.4 Å². The number of benzene rings is 2. The second-order valence-corrected chi connectivity index (χ2v) is 10.1. The zero-order valence-corrected chi connectivity index (χ0v) is 23.0. The molecule has 214 valence electrons. The van der Waals surface area contributed by atoms with E-state index in [2.05, 4.69) is 31.7 Å². The number of pyridine rings is 1. The highest BCUT2D eigenvalue weighted by atomic mass is 19.3. The van der Waals surface area contributed by atoms with Crippen LogP contribution in [0.3, 0.4) is 0 Å². The van der Waals surface area contributed by atoms with Crippen molar-refractivity contribution < 1.29 is 18.3 Å². The number of aryl methyl sites for hydroxylation is 1. The predicted octanol–water partition coefficient (Wildman–Crippen LogP) is 5.84. The molecule has 1 fully saturated rings. The van der Waals surface area contributed by atoms with E-state index in [-0.39, 0.29) is 11.9 Å². The average Bonchev–Trinajstić information content (AvgIpc) is 3.42. The Hall–Kier alpha value is -5.13. The maximum Gasteiger partial charge on any atom is 0.320 e. The SMILES string of the molecule is C=CC(=O)N1CCN(c2ccc3ncnc(Nc4ccc(Oc5ccc6c(c5)ncn6C(F)F)c(C)c4)c3n2)C[C@H]1C. The fourth-order valence-corrected chi connectivity index (χ4v) is 5.14. The van der Waals surface area contributed by atoms with Crippen LogP contribution < -0.4 is 15.0 Å². The molecule has 4 heterocycles. The summed E-state index contributed by atoms with van der Waals surface area (Å²) in [6, 6.07) is 14.3. The number of carbonyl (C=O) groups excluding carboxylic acids is 1. The van der Waals surface area contributed by atoms with Gasteiger partial charge in [-0.1, -0.05) is 6.58 Å². The van der Waals surface area contributed by atoms with Gasteiger partial charge in [-0.2, -0.15) is 8.78 Å². The molecule has 1 aliphatic heterocycles. The minimum atomic E-state index is -2.66. The molecule has 0 spiro atoms. The largest absolute Gasteiger partial charge is 0.457 e. The van der Waals surface area contributed by atoms with E-state index in [4.69, 9.17) is 9.72 Å². The van der Waals surface area contributed by atoms with Crippen LogP contribution >= 0.6 is 0 Å². The average molecular weight is 571 g/mol. The molecule has 0 bridgehead atoms. The number of fused-ring (bicyclic) bond motifs is 2. The Kier molecular flexibility index (Phi) is 7.11. The first-order chi connectivity index (χ1) is 20.3. The van der Waals surface area contributed by atoms with Crippen molar-refractivity contribution in [1.29, 1.82) is 0 Å². The second kappa shape index (κ2) is 11.0. The van der Waals surface area contributed by atoms with Crippen LogP contribution in [0, 0.1) is 6.92 Å². The van der Waals surface area contributed by atoms with E-state index in [1.807, 2.05) is 49.1 Å². The molecule has 6 rings (SSSR count). The van der Waals surface area contributed by atoms with Gasteiger partial charge in [-0.15, -0.1) is 0 Å². The smallest absolute Gasteiger partial charge is 0.320 e. The summed E-state index contributed by atoms with van der Waals surface area (Å²) in [6.07, 6.45) is 3.96. The summed E-state index contributed by atoms with van der Waals surface area (Å²) in [5.74, 6) is 2.39. The number of halogens is 2. The number of rotatable bonds is 7. The molecule has 1 N–H and O–H groups in total. The summed E-state index contributed by atoms with van der Waals surface area (Å²) in [4.78, 5) is 33.9. The molecule has 12 heteroatoms. The van der Waals surface area contributed by atoms with Crippen LogP contribution in [0.25, 0.3) is 22.1 Å². The third-order valence-electron chi connectivity index (χ3n) is 7.30. The molecule has 1 saturated heterocycles. The number of ether oxygens (including phenoxy) is 1. The Bertz CT molecular complexity index is 1810. The molecule has 1 amide bonds. The van der Waals surface area contributed by atoms with Gasteiger partial charge >= 0.3 is 6.55 Å². The van der Waals surface area contributed by atoms with Gasteiger partial charge in [-0.05, 0) is 68.0 Å². The Morgan fingerprint density at radius 3 is 2.71 bits per heavy atom. The van der Waals surface area contributed by atoms with Crippen LogP contribution in [0.2, 0.25) is 0 Å². The first-order valence-corrected chi connectivity index (χ1v) is 13.4. The van der Waals surface area contributed by atoms with E-state index in [1.54, 1.807) is 18.2 Å². The molecule has 2 aromatic carbocycles.